The summed E-state index contributed by atoms with van der Waals surface area (Å²) in [7, 11) is 0. The van der Waals surface area contributed by atoms with Crippen LogP contribution in [0.4, 0.5) is 0 Å². The van der Waals surface area contributed by atoms with Crippen molar-refractivity contribution in [1.29, 1.82) is 0 Å². The van der Waals surface area contributed by atoms with E-state index in [1.54, 1.807) is 0 Å². The molecule has 3 heterocycles. The number of aromatic nitrogens is 1. The number of nitrogens with zero attached hydrogens (tertiary/aromatic N) is 3. The third-order valence-corrected chi connectivity index (χ3v) is 7.95. The molecule has 1 fully saturated rings. The van der Waals surface area contributed by atoms with Crippen LogP contribution in [0.1, 0.15) is 42.2 Å². The Morgan fingerprint density at radius 2 is 1.73 bits per heavy atom. The van der Waals surface area contributed by atoms with E-state index < -0.39 is 0 Å². The van der Waals surface area contributed by atoms with Gasteiger partial charge in [0.1, 0.15) is 6.04 Å². The van der Waals surface area contributed by atoms with Crippen molar-refractivity contribution in [1.82, 2.24) is 9.88 Å². The van der Waals surface area contributed by atoms with Gasteiger partial charge >= 0.3 is 0 Å². The van der Waals surface area contributed by atoms with Crippen molar-refractivity contribution in [2.75, 3.05) is 5.75 Å². The highest BCUT2D eigenvalue weighted by molar-refractivity contribution is 8.14. The second kappa shape index (κ2) is 8.48. The van der Waals surface area contributed by atoms with Gasteiger partial charge in [0, 0.05) is 27.8 Å². The van der Waals surface area contributed by atoms with Gasteiger partial charge in [-0.15, -0.1) is 0 Å². The largest absolute Gasteiger partial charge is 0.338 e. The Morgan fingerprint density at radius 3 is 2.40 bits per heavy atom. The molecule has 1 saturated heterocycles. The van der Waals surface area contributed by atoms with Crippen molar-refractivity contribution in [3.63, 3.8) is 0 Å². The number of rotatable bonds is 5. The lowest BCUT2D eigenvalue weighted by Gasteiger charge is -2.32. The lowest BCUT2D eigenvalue weighted by molar-refractivity contribution is 0.255. The van der Waals surface area contributed by atoms with E-state index in [0.29, 0.717) is 6.04 Å². The molecule has 0 saturated carbocycles. The van der Waals surface area contributed by atoms with Gasteiger partial charge in [-0.05, 0) is 55.3 Å². The first-order valence-corrected chi connectivity index (χ1v) is 12.3. The lowest BCUT2D eigenvalue weighted by atomic mass is 9.95. The summed E-state index contributed by atoms with van der Waals surface area (Å²) in [4.78, 5) is 14.8. The Hall–Kier alpha value is -2.24. The van der Waals surface area contributed by atoms with Crippen LogP contribution in [0.15, 0.2) is 87.7 Å². The van der Waals surface area contributed by atoms with Gasteiger partial charge in [-0.3, -0.25) is 9.98 Å². The third-order valence-electron chi connectivity index (χ3n) is 5.81. The monoisotopic (exact) mass is 431 g/mol. The second-order valence-electron chi connectivity index (χ2n) is 7.82. The lowest BCUT2D eigenvalue weighted by Crippen LogP contribution is -2.35. The quantitative estimate of drug-likeness (QED) is 0.460. The van der Waals surface area contributed by atoms with E-state index in [1.165, 1.54) is 26.1 Å². The Balaban J connectivity index is 1.44. The van der Waals surface area contributed by atoms with Crippen molar-refractivity contribution in [2.45, 2.75) is 48.2 Å². The van der Waals surface area contributed by atoms with Crippen molar-refractivity contribution < 1.29 is 0 Å². The van der Waals surface area contributed by atoms with E-state index in [2.05, 4.69) is 84.4 Å². The predicted molar refractivity (Wildman–Crippen MR) is 127 cm³/mol. The first-order chi connectivity index (χ1) is 14.7. The summed E-state index contributed by atoms with van der Waals surface area (Å²) in [5.74, 6) is 1.13. The summed E-state index contributed by atoms with van der Waals surface area (Å²) in [5, 5.41) is 1.18. The van der Waals surface area contributed by atoms with Crippen LogP contribution in [0, 0.1) is 6.92 Å². The average Bonchev–Trinajstić information content (AvgIpc) is 3.36. The van der Waals surface area contributed by atoms with Crippen molar-refractivity contribution >= 4 is 28.7 Å². The predicted octanol–water partition coefficient (Wildman–Crippen LogP) is 6.52. The fourth-order valence-electron chi connectivity index (χ4n) is 4.19. The maximum atomic E-state index is 5.11. The van der Waals surface area contributed by atoms with Gasteiger partial charge in [0.2, 0.25) is 0 Å². The minimum atomic E-state index is 0.0543. The van der Waals surface area contributed by atoms with Crippen molar-refractivity contribution in [3.05, 3.63) is 89.7 Å². The molecule has 0 bridgehead atoms. The first kappa shape index (κ1) is 19.7. The molecule has 2 aliphatic rings. The molecule has 0 spiro atoms. The number of aryl methyl sites for hydroxylation is 1. The highest BCUT2D eigenvalue weighted by Crippen LogP contribution is 2.48. The molecule has 152 valence electrons. The Kier molecular flexibility index (Phi) is 5.57. The number of hydrogen-bond donors (Lipinski definition) is 0. The Bertz CT molecular complexity index is 1030. The first-order valence-electron chi connectivity index (χ1n) is 10.5. The maximum Gasteiger partial charge on any atom is 0.160 e. The molecule has 2 aliphatic heterocycles. The number of fused-ring (bicyclic) bond motifs is 1. The molecule has 2 aromatic carbocycles. The number of pyridine rings is 1. The Labute approximate surface area is 187 Å². The zero-order valence-corrected chi connectivity index (χ0v) is 18.9. The van der Waals surface area contributed by atoms with Crippen LogP contribution in [-0.4, -0.2) is 26.8 Å². The highest BCUT2D eigenvalue weighted by atomic mass is 32.2. The molecule has 0 amide bonds. The molecule has 3 nitrogen and oxygen atoms in total. The van der Waals surface area contributed by atoms with Crippen LogP contribution in [-0.2, 0) is 0 Å². The fraction of sp³-hybridized carbons (Fsp3) is 0.280. The molecule has 0 unspecified atom stereocenters. The van der Waals surface area contributed by atoms with Crippen LogP contribution in [0.25, 0.3) is 0 Å². The molecule has 1 aromatic heterocycles. The van der Waals surface area contributed by atoms with Crippen LogP contribution in [0.5, 0.6) is 0 Å². The van der Waals surface area contributed by atoms with Crippen LogP contribution >= 0.6 is 23.5 Å². The van der Waals surface area contributed by atoms with Crippen molar-refractivity contribution in [2.24, 2.45) is 4.99 Å². The SMILES string of the molecule is CC[C@H]1CSC2=N[C@@H](c3ccccn3)[C@@H](c3ccc(Sc4ccc(C)cc4)cc3)N21. The smallest absolute Gasteiger partial charge is 0.160 e. The summed E-state index contributed by atoms with van der Waals surface area (Å²) in [5.41, 5.74) is 3.66. The molecular weight excluding hydrogens is 406 g/mol. The molecule has 5 heteroatoms. The van der Waals surface area contributed by atoms with E-state index in [1.807, 2.05) is 35.8 Å². The molecule has 5 rings (SSSR count). The standard InChI is InChI=1S/C25H25N3S2/c1-3-19-16-29-25-27-23(22-6-4-5-15-26-22)24(28(19)25)18-9-13-21(14-10-18)30-20-11-7-17(2)8-12-20/h4-15,19,23-24H,3,16H2,1-2H3/t19-,23-,24+/m0/s1. The number of aliphatic imine (C=N–C) groups is 1. The minimum Gasteiger partial charge on any atom is -0.338 e. The minimum absolute atomic E-state index is 0.0543. The number of benzene rings is 2. The summed E-state index contributed by atoms with van der Waals surface area (Å²) >= 11 is 3.70. The zero-order valence-electron chi connectivity index (χ0n) is 17.2. The topological polar surface area (TPSA) is 28.5 Å². The summed E-state index contributed by atoms with van der Waals surface area (Å²) in [6.45, 7) is 4.40. The van der Waals surface area contributed by atoms with E-state index in [9.17, 15) is 0 Å². The fourth-order valence-corrected chi connectivity index (χ4v) is 6.34. The molecule has 3 atom stereocenters. The molecule has 3 aromatic rings. The van der Waals surface area contributed by atoms with Gasteiger partial charge in [-0.1, -0.05) is 66.3 Å². The van der Waals surface area contributed by atoms with Gasteiger partial charge in [0.15, 0.2) is 5.17 Å². The van der Waals surface area contributed by atoms with Gasteiger partial charge in [0.05, 0.1) is 11.7 Å². The molecular formula is C25H25N3S2. The van der Waals surface area contributed by atoms with E-state index >= 15 is 0 Å². The number of thioether (sulfide) groups is 1. The highest BCUT2D eigenvalue weighted by Gasteiger charge is 2.45. The summed E-state index contributed by atoms with van der Waals surface area (Å²) in [6, 6.07) is 24.7. The van der Waals surface area contributed by atoms with E-state index in [0.717, 1.165) is 17.9 Å². The van der Waals surface area contributed by atoms with Crippen molar-refractivity contribution in [3.8, 4) is 0 Å². The normalized spacial score (nSPS) is 22.8. The summed E-state index contributed by atoms with van der Waals surface area (Å²) < 4.78 is 0. The van der Waals surface area contributed by atoms with Gasteiger partial charge in [-0.2, -0.15) is 0 Å². The molecule has 0 radical (unpaired) electrons. The molecule has 30 heavy (non-hydrogen) atoms. The molecule has 0 N–H and O–H groups in total. The average molecular weight is 432 g/mol. The number of amidine groups is 1. The number of hydrogen-bond acceptors (Lipinski definition) is 5. The summed E-state index contributed by atoms with van der Waals surface area (Å²) in [6.07, 6.45) is 3.01. The van der Waals surface area contributed by atoms with Crippen LogP contribution in [0.2, 0.25) is 0 Å². The second-order valence-corrected chi connectivity index (χ2v) is 9.95. The van der Waals surface area contributed by atoms with Crippen LogP contribution in [0.3, 0.4) is 0 Å². The maximum absolute atomic E-state index is 5.11. The van der Waals surface area contributed by atoms with Gasteiger partial charge in [0.25, 0.3) is 0 Å². The Morgan fingerprint density at radius 1 is 1.00 bits per heavy atom. The van der Waals surface area contributed by atoms with Gasteiger partial charge in [-0.25, -0.2) is 0 Å². The zero-order chi connectivity index (χ0) is 20.5. The molecule has 0 aliphatic carbocycles. The third kappa shape index (κ3) is 3.77. The van der Waals surface area contributed by atoms with E-state index in [4.69, 9.17) is 4.99 Å². The van der Waals surface area contributed by atoms with E-state index in [-0.39, 0.29) is 12.1 Å². The van der Waals surface area contributed by atoms with Gasteiger partial charge < -0.3 is 4.90 Å². The van der Waals surface area contributed by atoms with Crippen LogP contribution < -0.4 is 0 Å².